The summed E-state index contributed by atoms with van der Waals surface area (Å²) >= 11 is 0. The van der Waals surface area contributed by atoms with Gasteiger partial charge in [-0.3, -0.25) is 4.79 Å². The Morgan fingerprint density at radius 1 is 1.14 bits per heavy atom. The Labute approximate surface area is 127 Å². The lowest BCUT2D eigenvalue weighted by atomic mass is 9.82. The third-order valence-electron chi connectivity index (χ3n) is 5.03. The van der Waals surface area contributed by atoms with Crippen molar-refractivity contribution in [3.63, 3.8) is 0 Å². The van der Waals surface area contributed by atoms with Crippen LogP contribution in [-0.4, -0.2) is 11.9 Å². The summed E-state index contributed by atoms with van der Waals surface area (Å²) in [6.07, 6.45) is 6.68. The Hall–Kier alpha value is -1.51. The molecule has 1 fully saturated rings. The number of hydrogen-bond donors (Lipinski definition) is 2. The third-order valence-corrected chi connectivity index (χ3v) is 5.03. The van der Waals surface area contributed by atoms with Gasteiger partial charge in [0, 0.05) is 12.0 Å². The molecule has 1 aliphatic heterocycles. The van der Waals surface area contributed by atoms with Crippen molar-refractivity contribution < 1.29 is 4.79 Å². The molecular formula is C18H26N2O. The second-order valence-electron chi connectivity index (χ2n) is 6.87. The van der Waals surface area contributed by atoms with Crippen molar-refractivity contribution in [3.05, 3.63) is 23.8 Å². The molecule has 0 spiro atoms. The number of rotatable bonds is 2. The molecule has 1 heterocycles. The molecule has 0 saturated heterocycles. The van der Waals surface area contributed by atoms with Crippen LogP contribution in [-0.2, 0) is 11.2 Å². The Morgan fingerprint density at radius 3 is 2.67 bits per heavy atom. The van der Waals surface area contributed by atoms with Crippen LogP contribution >= 0.6 is 0 Å². The smallest absolute Gasteiger partial charge is 0.227 e. The van der Waals surface area contributed by atoms with Crippen LogP contribution in [0.2, 0.25) is 0 Å². The molecule has 0 aromatic heterocycles. The quantitative estimate of drug-likeness (QED) is 0.855. The van der Waals surface area contributed by atoms with E-state index in [-0.39, 0.29) is 11.8 Å². The van der Waals surface area contributed by atoms with Gasteiger partial charge in [-0.25, -0.2) is 0 Å². The summed E-state index contributed by atoms with van der Waals surface area (Å²) in [7, 11) is 0. The highest BCUT2D eigenvalue weighted by atomic mass is 16.1. The van der Waals surface area contributed by atoms with Crippen LogP contribution in [0.15, 0.2) is 18.2 Å². The Balaban J connectivity index is 1.72. The van der Waals surface area contributed by atoms with E-state index >= 15 is 0 Å². The molecule has 1 amide bonds. The van der Waals surface area contributed by atoms with Crippen LogP contribution in [0.25, 0.3) is 0 Å². The molecule has 2 aliphatic rings. The standard InChI is InChI=1S/C18H26N2O/c1-12-6-9-15(10-7-12)18(21)20-16-5-3-4-14-11-8-13(2)19-17(14)16/h3-5,12-13,15,19H,6-11H2,1-2H3,(H,20,21). The highest BCUT2D eigenvalue weighted by Crippen LogP contribution is 2.34. The average Bonchev–Trinajstić information content (AvgIpc) is 2.48. The largest absolute Gasteiger partial charge is 0.381 e. The number of carbonyl (C=O) groups is 1. The predicted octanol–water partition coefficient (Wildman–Crippen LogP) is 4.20. The predicted molar refractivity (Wildman–Crippen MR) is 87.6 cm³/mol. The van der Waals surface area contributed by atoms with E-state index in [1.165, 1.54) is 18.4 Å². The fourth-order valence-corrected chi connectivity index (χ4v) is 3.53. The summed E-state index contributed by atoms with van der Waals surface area (Å²) in [6.45, 7) is 4.48. The first-order valence-corrected chi connectivity index (χ1v) is 8.32. The number of nitrogens with one attached hydrogen (secondary N) is 2. The molecule has 1 unspecified atom stereocenters. The van der Waals surface area contributed by atoms with Gasteiger partial charge in [-0.05, 0) is 63.0 Å². The maximum absolute atomic E-state index is 12.5. The van der Waals surface area contributed by atoms with E-state index in [1.54, 1.807) is 0 Å². The van der Waals surface area contributed by atoms with Crippen molar-refractivity contribution in [2.24, 2.45) is 11.8 Å². The lowest BCUT2D eigenvalue weighted by Crippen LogP contribution is -2.28. The number of aryl methyl sites for hydroxylation is 1. The average molecular weight is 286 g/mol. The van der Waals surface area contributed by atoms with Gasteiger partial charge in [0.25, 0.3) is 0 Å². The Bertz CT molecular complexity index is 518. The second kappa shape index (κ2) is 6.08. The molecule has 3 heteroatoms. The van der Waals surface area contributed by atoms with E-state index in [0.29, 0.717) is 6.04 Å². The summed E-state index contributed by atoms with van der Waals surface area (Å²) in [4.78, 5) is 12.5. The maximum atomic E-state index is 12.5. The lowest BCUT2D eigenvalue weighted by Gasteiger charge is -2.28. The van der Waals surface area contributed by atoms with E-state index in [2.05, 4.69) is 36.6 Å². The zero-order valence-electron chi connectivity index (χ0n) is 13.1. The van der Waals surface area contributed by atoms with E-state index in [9.17, 15) is 4.79 Å². The summed E-state index contributed by atoms with van der Waals surface area (Å²) < 4.78 is 0. The minimum absolute atomic E-state index is 0.193. The highest BCUT2D eigenvalue weighted by molar-refractivity contribution is 5.96. The van der Waals surface area contributed by atoms with Gasteiger partial charge in [-0.2, -0.15) is 0 Å². The molecule has 0 radical (unpaired) electrons. The monoisotopic (exact) mass is 286 g/mol. The number of fused-ring (bicyclic) bond motifs is 1. The van der Waals surface area contributed by atoms with Crippen molar-refractivity contribution in [2.75, 3.05) is 10.6 Å². The maximum Gasteiger partial charge on any atom is 0.227 e. The number of amides is 1. The van der Waals surface area contributed by atoms with Crippen LogP contribution in [0.1, 0.15) is 51.5 Å². The summed E-state index contributed by atoms with van der Waals surface area (Å²) in [6, 6.07) is 6.71. The summed E-state index contributed by atoms with van der Waals surface area (Å²) in [5, 5.41) is 6.70. The third kappa shape index (κ3) is 3.22. The molecule has 3 rings (SSSR count). The minimum atomic E-state index is 0.193. The Morgan fingerprint density at radius 2 is 1.90 bits per heavy atom. The number of hydrogen-bond acceptors (Lipinski definition) is 2. The van der Waals surface area contributed by atoms with Gasteiger partial charge in [-0.1, -0.05) is 19.1 Å². The van der Waals surface area contributed by atoms with Crippen molar-refractivity contribution in [1.82, 2.24) is 0 Å². The van der Waals surface area contributed by atoms with Gasteiger partial charge in [0.15, 0.2) is 0 Å². The molecule has 3 nitrogen and oxygen atoms in total. The van der Waals surface area contributed by atoms with Crippen molar-refractivity contribution in [1.29, 1.82) is 0 Å². The molecule has 1 saturated carbocycles. The van der Waals surface area contributed by atoms with E-state index in [1.807, 2.05) is 6.07 Å². The SMILES string of the molecule is CC1CCC(C(=O)Nc2cccc3c2NC(C)CC3)CC1. The number of para-hydroxylation sites is 1. The van der Waals surface area contributed by atoms with Crippen molar-refractivity contribution >= 4 is 17.3 Å². The van der Waals surface area contributed by atoms with Gasteiger partial charge in [0.1, 0.15) is 0 Å². The van der Waals surface area contributed by atoms with Crippen molar-refractivity contribution in [3.8, 4) is 0 Å². The van der Waals surface area contributed by atoms with Gasteiger partial charge in [0.05, 0.1) is 11.4 Å². The van der Waals surface area contributed by atoms with Gasteiger partial charge in [-0.15, -0.1) is 0 Å². The molecule has 0 bridgehead atoms. The highest BCUT2D eigenvalue weighted by Gasteiger charge is 2.25. The van der Waals surface area contributed by atoms with E-state index < -0.39 is 0 Å². The number of benzene rings is 1. The number of carbonyl (C=O) groups excluding carboxylic acids is 1. The minimum Gasteiger partial charge on any atom is -0.381 e. The van der Waals surface area contributed by atoms with E-state index in [4.69, 9.17) is 0 Å². The van der Waals surface area contributed by atoms with Gasteiger partial charge >= 0.3 is 0 Å². The van der Waals surface area contributed by atoms with Gasteiger partial charge < -0.3 is 10.6 Å². The molecule has 1 atom stereocenters. The molecule has 1 aromatic carbocycles. The molecule has 2 N–H and O–H groups in total. The molecule has 1 aliphatic carbocycles. The fraction of sp³-hybridized carbons (Fsp3) is 0.611. The van der Waals surface area contributed by atoms with Crippen LogP contribution in [0, 0.1) is 11.8 Å². The first-order valence-electron chi connectivity index (χ1n) is 8.32. The lowest BCUT2D eigenvalue weighted by molar-refractivity contribution is -0.121. The zero-order chi connectivity index (χ0) is 14.8. The number of anilines is 2. The summed E-state index contributed by atoms with van der Waals surface area (Å²) in [5.74, 6) is 1.18. The molecule has 114 valence electrons. The van der Waals surface area contributed by atoms with E-state index in [0.717, 1.165) is 43.0 Å². The normalized spacial score (nSPS) is 28.4. The molecular weight excluding hydrogens is 260 g/mol. The topological polar surface area (TPSA) is 41.1 Å². The van der Waals surface area contributed by atoms with Crippen LogP contribution in [0.5, 0.6) is 0 Å². The second-order valence-corrected chi connectivity index (χ2v) is 6.87. The van der Waals surface area contributed by atoms with Gasteiger partial charge in [0.2, 0.25) is 5.91 Å². The first-order chi connectivity index (χ1) is 10.1. The molecule has 1 aromatic rings. The van der Waals surface area contributed by atoms with Crippen LogP contribution in [0.3, 0.4) is 0 Å². The Kier molecular flexibility index (Phi) is 4.18. The molecule has 21 heavy (non-hydrogen) atoms. The zero-order valence-corrected chi connectivity index (χ0v) is 13.1. The van der Waals surface area contributed by atoms with Crippen LogP contribution in [0.4, 0.5) is 11.4 Å². The van der Waals surface area contributed by atoms with Crippen LogP contribution < -0.4 is 10.6 Å². The first kappa shape index (κ1) is 14.4. The fourth-order valence-electron chi connectivity index (χ4n) is 3.53. The van der Waals surface area contributed by atoms with Crippen molar-refractivity contribution in [2.45, 2.75) is 58.4 Å². The summed E-state index contributed by atoms with van der Waals surface area (Å²) in [5.41, 5.74) is 3.42.